The van der Waals surface area contributed by atoms with E-state index in [1.54, 1.807) is 12.1 Å². The number of halogens is 4. The molecule has 2 nitrogen and oxygen atoms in total. The van der Waals surface area contributed by atoms with Crippen LogP contribution < -0.4 is 5.32 Å². The van der Waals surface area contributed by atoms with E-state index < -0.39 is 0 Å². The normalized spacial score (nSPS) is 16.5. The number of benzene rings is 1. The van der Waals surface area contributed by atoms with E-state index in [0.29, 0.717) is 10.6 Å². The first kappa shape index (κ1) is 20.7. The second-order valence-corrected chi connectivity index (χ2v) is 5.51. The Morgan fingerprint density at radius 1 is 1.38 bits per heavy atom. The summed E-state index contributed by atoms with van der Waals surface area (Å²) >= 11 is 6.21. The highest BCUT2D eigenvalue weighted by Crippen LogP contribution is 2.34. The van der Waals surface area contributed by atoms with Gasteiger partial charge >= 0.3 is 0 Å². The van der Waals surface area contributed by atoms with Crippen LogP contribution in [0.15, 0.2) is 30.4 Å². The fraction of sp³-hybridized carbons (Fsp3) is 0.467. The molecule has 1 saturated heterocycles. The second kappa shape index (κ2) is 9.65. The maximum atomic E-state index is 14.1. The molecule has 0 bridgehead atoms. The molecule has 0 unspecified atom stereocenters. The largest absolute Gasteiger partial charge is 0.314 e. The molecule has 1 aromatic rings. The Hall–Kier alpha value is -0.320. The minimum absolute atomic E-state index is 0. The first-order valence-electron chi connectivity index (χ1n) is 6.62. The molecule has 0 amide bonds. The zero-order chi connectivity index (χ0) is 13.8. The van der Waals surface area contributed by atoms with Gasteiger partial charge in [0.05, 0.1) is 0 Å². The third kappa shape index (κ3) is 5.42. The molecule has 0 spiro atoms. The third-order valence-corrected chi connectivity index (χ3v) is 3.80. The van der Waals surface area contributed by atoms with Crippen LogP contribution in [-0.4, -0.2) is 31.1 Å². The molecule has 1 fully saturated rings. The smallest absolute Gasteiger partial charge is 0.129 e. The van der Waals surface area contributed by atoms with Gasteiger partial charge in [-0.2, -0.15) is 0 Å². The molecule has 1 aliphatic rings. The van der Waals surface area contributed by atoms with Crippen molar-refractivity contribution in [3.63, 3.8) is 0 Å². The second-order valence-electron chi connectivity index (χ2n) is 5.10. The lowest BCUT2D eigenvalue weighted by Gasteiger charge is -2.36. The first-order valence-corrected chi connectivity index (χ1v) is 7.00. The van der Waals surface area contributed by atoms with Gasteiger partial charge in [-0.05, 0) is 25.5 Å². The summed E-state index contributed by atoms with van der Waals surface area (Å²) in [5, 5.41) is 3.82. The average Bonchev–Trinajstić information content (AvgIpc) is 2.38. The molecule has 0 aliphatic carbocycles. The van der Waals surface area contributed by atoms with Gasteiger partial charge in [0.2, 0.25) is 0 Å². The van der Waals surface area contributed by atoms with Crippen LogP contribution >= 0.6 is 36.4 Å². The van der Waals surface area contributed by atoms with E-state index in [-0.39, 0.29) is 36.7 Å². The average molecular weight is 356 g/mol. The van der Waals surface area contributed by atoms with Gasteiger partial charge in [0, 0.05) is 42.8 Å². The zero-order valence-corrected chi connectivity index (χ0v) is 14.5. The molecule has 120 valence electrons. The van der Waals surface area contributed by atoms with Crippen LogP contribution in [0.5, 0.6) is 0 Å². The molecule has 0 aromatic heterocycles. The quantitative estimate of drug-likeness (QED) is 0.813. The van der Waals surface area contributed by atoms with Crippen molar-refractivity contribution in [2.45, 2.75) is 19.4 Å². The maximum absolute atomic E-state index is 14.1. The summed E-state index contributed by atoms with van der Waals surface area (Å²) in [4.78, 5) is 2.29. The van der Waals surface area contributed by atoms with Gasteiger partial charge in [-0.25, -0.2) is 4.39 Å². The number of piperazine rings is 1. The Kier molecular flexibility index (Phi) is 9.50. The maximum Gasteiger partial charge on any atom is 0.129 e. The Morgan fingerprint density at radius 2 is 2.00 bits per heavy atom. The van der Waals surface area contributed by atoms with Crippen molar-refractivity contribution in [3.8, 4) is 0 Å². The molecular weight excluding hydrogens is 334 g/mol. The molecular formula is C15H22Cl3FN2. The fourth-order valence-electron chi connectivity index (χ4n) is 2.57. The van der Waals surface area contributed by atoms with Gasteiger partial charge in [-0.3, -0.25) is 4.90 Å². The number of nitrogens with zero attached hydrogens (tertiary/aromatic N) is 1. The highest BCUT2D eigenvalue weighted by molar-refractivity contribution is 6.31. The van der Waals surface area contributed by atoms with E-state index in [9.17, 15) is 4.39 Å². The molecule has 0 radical (unpaired) electrons. The lowest BCUT2D eigenvalue weighted by Crippen LogP contribution is -2.45. The summed E-state index contributed by atoms with van der Waals surface area (Å²) < 4.78 is 14.1. The standard InChI is InChI=1S/C15H20ClFN2.2ClH/c1-11(2)10-14(19-8-6-18-7-9-19)15-12(16)4-3-5-13(15)17;;/h3-5,14,18H,1,6-10H2,2H3;2*1H/t14-;;/m0../s1. The molecule has 1 atom stereocenters. The SMILES string of the molecule is C=C(C)C[C@@H](c1c(F)cccc1Cl)N1CCNCC1.Cl.Cl. The van der Waals surface area contributed by atoms with Gasteiger partial charge in [0.15, 0.2) is 0 Å². The van der Waals surface area contributed by atoms with E-state index >= 15 is 0 Å². The van der Waals surface area contributed by atoms with Gasteiger partial charge in [0.1, 0.15) is 5.82 Å². The topological polar surface area (TPSA) is 15.3 Å². The number of nitrogens with one attached hydrogen (secondary N) is 1. The van der Waals surface area contributed by atoms with Crippen molar-refractivity contribution >= 4 is 36.4 Å². The number of rotatable bonds is 4. The van der Waals surface area contributed by atoms with Gasteiger partial charge in [-0.1, -0.05) is 23.2 Å². The molecule has 2 rings (SSSR count). The van der Waals surface area contributed by atoms with Gasteiger partial charge in [0.25, 0.3) is 0 Å². The van der Waals surface area contributed by atoms with Crippen LogP contribution in [0.4, 0.5) is 4.39 Å². The molecule has 1 heterocycles. The first-order chi connectivity index (χ1) is 9.09. The van der Waals surface area contributed by atoms with Crippen LogP contribution in [0.25, 0.3) is 0 Å². The van der Waals surface area contributed by atoms with E-state index in [4.69, 9.17) is 11.6 Å². The van der Waals surface area contributed by atoms with Gasteiger partial charge < -0.3 is 5.32 Å². The Bertz CT molecular complexity index is 442. The summed E-state index contributed by atoms with van der Waals surface area (Å²) in [5.74, 6) is -0.225. The van der Waals surface area contributed by atoms with Crippen molar-refractivity contribution in [1.82, 2.24) is 10.2 Å². The lowest BCUT2D eigenvalue weighted by atomic mass is 9.97. The van der Waals surface area contributed by atoms with E-state index in [1.165, 1.54) is 6.07 Å². The van der Waals surface area contributed by atoms with E-state index in [1.807, 2.05) is 6.92 Å². The van der Waals surface area contributed by atoms with Crippen molar-refractivity contribution in [2.75, 3.05) is 26.2 Å². The van der Waals surface area contributed by atoms with Crippen LogP contribution in [0.1, 0.15) is 24.9 Å². The van der Waals surface area contributed by atoms with Crippen molar-refractivity contribution in [1.29, 1.82) is 0 Å². The summed E-state index contributed by atoms with van der Waals surface area (Å²) in [7, 11) is 0. The van der Waals surface area contributed by atoms with Crippen LogP contribution in [0, 0.1) is 5.82 Å². The molecule has 1 aliphatic heterocycles. The van der Waals surface area contributed by atoms with Crippen LogP contribution in [-0.2, 0) is 0 Å². The molecule has 0 saturated carbocycles. The van der Waals surface area contributed by atoms with Crippen molar-refractivity contribution in [2.24, 2.45) is 0 Å². The minimum atomic E-state index is -0.225. The molecule has 1 aromatic carbocycles. The fourth-order valence-corrected chi connectivity index (χ4v) is 2.86. The summed E-state index contributed by atoms with van der Waals surface area (Å²) in [6.45, 7) is 9.61. The highest BCUT2D eigenvalue weighted by atomic mass is 35.5. The summed E-state index contributed by atoms with van der Waals surface area (Å²) in [6, 6.07) is 4.87. The minimum Gasteiger partial charge on any atom is -0.314 e. The lowest BCUT2D eigenvalue weighted by molar-refractivity contribution is 0.169. The molecule has 6 heteroatoms. The third-order valence-electron chi connectivity index (χ3n) is 3.47. The van der Waals surface area contributed by atoms with E-state index in [2.05, 4.69) is 16.8 Å². The van der Waals surface area contributed by atoms with Crippen molar-refractivity contribution in [3.05, 3.63) is 46.8 Å². The Morgan fingerprint density at radius 3 is 2.52 bits per heavy atom. The van der Waals surface area contributed by atoms with Crippen LogP contribution in [0.2, 0.25) is 5.02 Å². The predicted octanol–water partition coefficient (Wildman–Crippen LogP) is 4.24. The molecule has 1 N–H and O–H groups in total. The summed E-state index contributed by atoms with van der Waals surface area (Å²) in [5.41, 5.74) is 1.65. The molecule has 21 heavy (non-hydrogen) atoms. The Balaban J connectivity index is 0.00000200. The van der Waals surface area contributed by atoms with E-state index in [0.717, 1.165) is 38.2 Å². The zero-order valence-electron chi connectivity index (χ0n) is 12.1. The monoisotopic (exact) mass is 354 g/mol. The summed E-state index contributed by atoms with van der Waals surface area (Å²) in [6.07, 6.45) is 0.737. The van der Waals surface area contributed by atoms with Crippen molar-refractivity contribution < 1.29 is 4.39 Å². The highest BCUT2D eigenvalue weighted by Gasteiger charge is 2.26. The number of hydrogen-bond donors (Lipinski definition) is 1. The number of hydrogen-bond acceptors (Lipinski definition) is 2. The van der Waals surface area contributed by atoms with Gasteiger partial charge in [-0.15, -0.1) is 31.4 Å². The van der Waals surface area contributed by atoms with Crippen LogP contribution in [0.3, 0.4) is 0 Å². The predicted molar refractivity (Wildman–Crippen MR) is 92.5 cm³/mol. The Labute approximate surface area is 143 Å².